The largest absolute Gasteiger partial charge is 0.497 e. The molecule has 1 aliphatic rings. The highest BCUT2D eigenvalue weighted by Gasteiger charge is 2.36. The number of benzene rings is 1. The van der Waals surface area contributed by atoms with Gasteiger partial charge in [0.05, 0.1) is 48.5 Å². The standard InChI is InChI=1S/C29H33F2N5O4S/c1-17-10-18(11-25(32)29(17)40-8-9-41(3,37)38)22-6-7-33-15-19(22)12-27-34-16-20-4-5-26(35-36(20)27)28-23(30)13-21(39-2)14-24(28)31/h4-7,13-18,25,29H,8-12,32H2,1-3H3/t17-,18+,25+,29-/m0/s1. The molecule has 41 heavy (non-hydrogen) atoms. The first-order valence-electron chi connectivity index (χ1n) is 13.4. The number of pyridine rings is 1. The fourth-order valence-corrected chi connectivity index (χ4v) is 6.09. The van der Waals surface area contributed by atoms with E-state index in [-0.39, 0.29) is 53.3 Å². The first kappa shape index (κ1) is 29.0. The lowest BCUT2D eigenvalue weighted by molar-refractivity contribution is -0.0154. The summed E-state index contributed by atoms with van der Waals surface area (Å²) in [7, 11) is -1.77. The van der Waals surface area contributed by atoms with Crippen LogP contribution < -0.4 is 10.5 Å². The molecule has 3 aromatic heterocycles. The second-order valence-electron chi connectivity index (χ2n) is 10.7. The van der Waals surface area contributed by atoms with Gasteiger partial charge in [0.2, 0.25) is 0 Å². The fourth-order valence-electron chi connectivity index (χ4n) is 5.70. The van der Waals surface area contributed by atoms with Crippen molar-refractivity contribution < 1.29 is 26.7 Å². The quantitative estimate of drug-likeness (QED) is 0.314. The number of methoxy groups -OCH3 is 1. The van der Waals surface area contributed by atoms with Crippen molar-refractivity contribution in [3.8, 4) is 17.0 Å². The van der Waals surface area contributed by atoms with Gasteiger partial charge < -0.3 is 15.2 Å². The molecule has 1 fully saturated rings. The smallest absolute Gasteiger partial charge is 0.149 e. The monoisotopic (exact) mass is 585 g/mol. The van der Waals surface area contributed by atoms with E-state index in [1.54, 1.807) is 35.2 Å². The molecule has 2 N–H and O–H groups in total. The normalized spacial score (nSPS) is 21.3. The second kappa shape index (κ2) is 11.8. The van der Waals surface area contributed by atoms with Gasteiger partial charge in [-0.2, -0.15) is 5.10 Å². The summed E-state index contributed by atoms with van der Waals surface area (Å²) in [5.74, 6) is -0.633. The van der Waals surface area contributed by atoms with Gasteiger partial charge in [-0.1, -0.05) is 6.92 Å². The lowest BCUT2D eigenvalue weighted by Gasteiger charge is -2.39. The van der Waals surface area contributed by atoms with Gasteiger partial charge in [0.15, 0.2) is 0 Å². The zero-order valence-electron chi connectivity index (χ0n) is 23.1. The van der Waals surface area contributed by atoms with Crippen molar-refractivity contribution in [2.24, 2.45) is 11.7 Å². The van der Waals surface area contributed by atoms with Crippen LogP contribution in [-0.4, -0.2) is 65.9 Å². The Labute approximate surface area is 237 Å². The number of sulfone groups is 1. The van der Waals surface area contributed by atoms with Gasteiger partial charge in [-0.05, 0) is 54.0 Å². The van der Waals surface area contributed by atoms with E-state index in [2.05, 4.69) is 22.0 Å². The van der Waals surface area contributed by atoms with Crippen molar-refractivity contribution in [2.45, 2.75) is 44.2 Å². The predicted octanol–water partition coefficient (Wildman–Crippen LogP) is 3.94. The summed E-state index contributed by atoms with van der Waals surface area (Å²) < 4.78 is 65.0. The Morgan fingerprint density at radius 1 is 1.12 bits per heavy atom. The third-order valence-electron chi connectivity index (χ3n) is 7.65. The number of hydrogen-bond donors (Lipinski definition) is 1. The van der Waals surface area contributed by atoms with E-state index in [0.29, 0.717) is 24.2 Å². The van der Waals surface area contributed by atoms with Crippen LogP contribution in [0.2, 0.25) is 0 Å². The number of halogens is 2. The van der Waals surface area contributed by atoms with Crippen LogP contribution in [0, 0.1) is 17.6 Å². The molecule has 0 spiro atoms. The van der Waals surface area contributed by atoms with Gasteiger partial charge >= 0.3 is 0 Å². The van der Waals surface area contributed by atoms with Crippen molar-refractivity contribution in [3.63, 3.8) is 0 Å². The van der Waals surface area contributed by atoms with Crippen molar-refractivity contribution in [3.05, 3.63) is 77.5 Å². The SMILES string of the molecule is COc1cc(F)c(-c2ccc3cnc(Cc4cnccc4[C@H]4C[C@@H](N)[C@@H](OCCS(C)(=O)=O)[C@@H](C)C4)n3n2)c(F)c1. The molecule has 1 aromatic carbocycles. The van der Waals surface area contributed by atoms with Crippen LogP contribution in [0.1, 0.15) is 42.6 Å². The van der Waals surface area contributed by atoms with E-state index in [1.165, 1.54) is 13.4 Å². The van der Waals surface area contributed by atoms with E-state index in [0.717, 1.165) is 29.7 Å². The summed E-state index contributed by atoms with van der Waals surface area (Å²) >= 11 is 0. The van der Waals surface area contributed by atoms with E-state index in [4.69, 9.17) is 15.2 Å². The zero-order chi connectivity index (χ0) is 29.3. The third-order valence-corrected chi connectivity index (χ3v) is 8.56. The highest BCUT2D eigenvalue weighted by atomic mass is 32.2. The predicted molar refractivity (Wildman–Crippen MR) is 150 cm³/mol. The summed E-state index contributed by atoms with van der Waals surface area (Å²) in [5, 5.41) is 4.53. The summed E-state index contributed by atoms with van der Waals surface area (Å²) in [5.41, 5.74) is 9.16. The number of aromatic nitrogens is 4. The number of hydrogen-bond acceptors (Lipinski definition) is 8. The first-order valence-corrected chi connectivity index (χ1v) is 15.4. The molecule has 0 amide bonds. The van der Waals surface area contributed by atoms with Crippen molar-refractivity contribution in [1.82, 2.24) is 19.6 Å². The van der Waals surface area contributed by atoms with Gasteiger partial charge in [-0.25, -0.2) is 26.7 Å². The lowest BCUT2D eigenvalue weighted by atomic mass is 9.73. The average Bonchev–Trinajstić information content (AvgIpc) is 3.31. The number of imidazole rings is 1. The average molecular weight is 586 g/mol. The molecule has 1 aliphatic carbocycles. The van der Waals surface area contributed by atoms with Gasteiger partial charge in [-0.15, -0.1) is 0 Å². The van der Waals surface area contributed by atoms with Crippen LogP contribution in [0.4, 0.5) is 8.78 Å². The summed E-state index contributed by atoms with van der Waals surface area (Å²) in [6, 6.07) is 7.26. The van der Waals surface area contributed by atoms with E-state index < -0.39 is 21.5 Å². The number of ether oxygens (including phenoxy) is 2. The molecule has 0 bridgehead atoms. The van der Waals surface area contributed by atoms with Crippen molar-refractivity contribution in [1.29, 1.82) is 0 Å². The lowest BCUT2D eigenvalue weighted by Crippen LogP contribution is -2.47. The molecule has 0 saturated heterocycles. The molecule has 4 atom stereocenters. The Kier molecular flexibility index (Phi) is 8.35. The van der Waals surface area contributed by atoms with Gasteiger partial charge in [-0.3, -0.25) is 4.98 Å². The van der Waals surface area contributed by atoms with Gasteiger partial charge in [0, 0.05) is 43.2 Å². The minimum Gasteiger partial charge on any atom is -0.497 e. The summed E-state index contributed by atoms with van der Waals surface area (Å²) in [4.78, 5) is 8.89. The maximum absolute atomic E-state index is 14.8. The Balaban J connectivity index is 1.39. The Hall–Kier alpha value is -3.48. The molecule has 218 valence electrons. The van der Waals surface area contributed by atoms with Gasteiger partial charge in [0.25, 0.3) is 0 Å². The maximum atomic E-state index is 14.8. The molecule has 4 aromatic rings. The van der Waals surface area contributed by atoms with E-state index in [9.17, 15) is 17.2 Å². The molecule has 0 aliphatic heterocycles. The molecular formula is C29H33F2N5O4S. The number of nitrogens with two attached hydrogens (primary N) is 1. The maximum Gasteiger partial charge on any atom is 0.149 e. The molecule has 5 rings (SSSR count). The van der Waals surface area contributed by atoms with E-state index >= 15 is 0 Å². The van der Waals surface area contributed by atoms with Crippen molar-refractivity contribution >= 4 is 15.4 Å². The molecule has 1 saturated carbocycles. The highest BCUT2D eigenvalue weighted by molar-refractivity contribution is 7.90. The van der Waals surface area contributed by atoms with Crippen LogP contribution in [0.25, 0.3) is 16.8 Å². The number of fused-ring (bicyclic) bond motifs is 1. The molecule has 9 nitrogen and oxygen atoms in total. The van der Waals surface area contributed by atoms with Crippen LogP contribution >= 0.6 is 0 Å². The first-order chi connectivity index (χ1) is 19.5. The van der Waals surface area contributed by atoms with Crippen LogP contribution in [-0.2, 0) is 21.0 Å². The summed E-state index contributed by atoms with van der Waals surface area (Å²) in [6.45, 7) is 2.20. The topological polar surface area (TPSA) is 122 Å². The van der Waals surface area contributed by atoms with Crippen molar-refractivity contribution in [2.75, 3.05) is 25.7 Å². The minimum atomic E-state index is -3.11. The molecule has 0 unspecified atom stereocenters. The van der Waals surface area contributed by atoms with Crippen LogP contribution in [0.3, 0.4) is 0 Å². The van der Waals surface area contributed by atoms with Gasteiger partial charge in [0.1, 0.15) is 33.0 Å². The second-order valence-corrected chi connectivity index (χ2v) is 13.0. The van der Waals surface area contributed by atoms with E-state index in [1.807, 2.05) is 6.07 Å². The fraction of sp³-hybridized carbons (Fsp3) is 0.414. The molecule has 3 heterocycles. The van der Waals surface area contributed by atoms with Crippen LogP contribution in [0.15, 0.2) is 48.9 Å². The Bertz CT molecular complexity index is 1630. The molecule has 12 heteroatoms. The number of rotatable bonds is 9. The highest BCUT2D eigenvalue weighted by Crippen LogP contribution is 2.38. The Morgan fingerprint density at radius 3 is 2.56 bits per heavy atom. The zero-order valence-corrected chi connectivity index (χ0v) is 23.9. The number of nitrogens with zero attached hydrogens (tertiary/aromatic N) is 4. The minimum absolute atomic E-state index is 0.0351. The molecule has 0 radical (unpaired) electrons. The third kappa shape index (κ3) is 6.39. The van der Waals surface area contributed by atoms with Crippen LogP contribution in [0.5, 0.6) is 5.75 Å². The Morgan fingerprint density at radius 2 is 1.88 bits per heavy atom. The summed E-state index contributed by atoms with van der Waals surface area (Å²) in [6.07, 6.45) is 8.07. The molecular weight excluding hydrogens is 552 g/mol.